The summed E-state index contributed by atoms with van der Waals surface area (Å²) in [5.41, 5.74) is 15.3. The molecule has 2 aromatic rings. The molecule has 0 amide bonds. The Morgan fingerprint density at radius 2 is 1.57 bits per heavy atom. The van der Waals surface area contributed by atoms with Gasteiger partial charge in [0.05, 0.1) is 5.56 Å². The maximum Gasteiger partial charge on any atom is 0.338 e. The zero-order valence-corrected chi connectivity index (χ0v) is 11.5. The summed E-state index contributed by atoms with van der Waals surface area (Å²) in [5, 5.41) is 25.6. The third-order valence-corrected chi connectivity index (χ3v) is 2.70. The molecule has 0 spiro atoms. The Morgan fingerprint density at radius 1 is 0.957 bits per heavy atom. The van der Waals surface area contributed by atoms with Crippen molar-refractivity contribution in [2.24, 2.45) is 10.2 Å². The standard InChI is InChI=1S/C12H11N7O4/c13-8-7(9(14)17-12(15)16-8)19-18-5-3-1-2-4(10(20)21)6(5)11(22)23/h1-3H,(H,20,21)(H,22,23)(H6,13,14,15,16,17). The fourth-order valence-electron chi connectivity index (χ4n) is 1.74. The second kappa shape index (κ2) is 5.93. The number of anilines is 3. The van der Waals surface area contributed by atoms with E-state index in [9.17, 15) is 14.7 Å². The molecule has 0 unspecified atom stereocenters. The number of carboxylic acid groups (broad SMARTS) is 2. The van der Waals surface area contributed by atoms with Crippen molar-refractivity contribution < 1.29 is 19.8 Å². The number of carboxylic acids is 2. The topological polar surface area (TPSA) is 203 Å². The van der Waals surface area contributed by atoms with Crippen LogP contribution in [-0.2, 0) is 0 Å². The second-order valence-corrected chi connectivity index (χ2v) is 4.21. The van der Waals surface area contributed by atoms with Crippen LogP contribution in [0.3, 0.4) is 0 Å². The Balaban J connectivity index is 2.55. The number of benzene rings is 1. The summed E-state index contributed by atoms with van der Waals surface area (Å²) in [6, 6.07) is 3.75. The van der Waals surface area contributed by atoms with Crippen LogP contribution in [0.5, 0.6) is 0 Å². The molecule has 118 valence electrons. The van der Waals surface area contributed by atoms with Crippen molar-refractivity contribution in [1.82, 2.24) is 9.97 Å². The smallest absolute Gasteiger partial charge is 0.338 e. The van der Waals surface area contributed by atoms with Gasteiger partial charge in [0.25, 0.3) is 0 Å². The zero-order chi connectivity index (χ0) is 17.1. The zero-order valence-electron chi connectivity index (χ0n) is 11.5. The van der Waals surface area contributed by atoms with Crippen molar-refractivity contribution in [2.45, 2.75) is 0 Å². The van der Waals surface area contributed by atoms with E-state index in [-0.39, 0.29) is 29.0 Å². The van der Waals surface area contributed by atoms with Crippen LogP contribution in [0.4, 0.5) is 29.0 Å². The summed E-state index contributed by atoms with van der Waals surface area (Å²) in [5.74, 6) is -3.33. The molecule has 1 aromatic heterocycles. The van der Waals surface area contributed by atoms with Gasteiger partial charge in [-0.3, -0.25) is 0 Å². The van der Waals surface area contributed by atoms with Gasteiger partial charge in [0.15, 0.2) is 17.3 Å². The Bertz CT molecular complexity index is 811. The van der Waals surface area contributed by atoms with Crippen LogP contribution < -0.4 is 17.2 Å². The van der Waals surface area contributed by atoms with Crippen LogP contribution in [-0.4, -0.2) is 32.1 Å². The summed E-state index contributed by atoms with van der Waals surface area (Å²) in [6.45, 7) is 0. The summed E-state index contributed by atoms with van der Waals surface area (Å²) >= 11 is 0. The first-order valence-electron chi connectivity index (χ1n) is 6.01. The first kappa shape index (κ1) is 15.6. The highest BCUT2D eigenvalue weighted by molar-refractivity contribution is 6.05. The monoisotopic (exact) mass is 317 g/mol. The molecule has 1 heterocycles. The average Bonchev–Trinajstić information content (AvgIpc) is 2.45. The molecule has 0 atom stereocenters. The highest BCUT2D eigenvalue weighted by Gasteiger charge is 2.20. The normalized spacial score (nSPS) is 10.8. The lowest BCUT2D eigenvalue weighted by molar-refractivity contribution is 0.0652. The number of nitrogens with zero attached hydrogens (tertiary/aromatic N) is 4. The third-order valence-electron chi connectivity index (χ3n) is 2.70. The molecular weight excluding hydrogens is 306 g/mol. The first-order valence-corrected chi connectivity index (χ1v) is 6.01. The predicted molar refractivity (Wildman–Crippen MR) is 79.8 cm³/mol. The average molecular weight is 317 g/mol. The van der Waals surface area contributed by atoms with E-state index in [2.05, 4.69) is 20.2 Å². The molecule has 0 aliphatic carbocycles. The number of aromatic nitrogens is 2. The van der Waals surface area contributed by atoms with E-state index >= 15 is 0 Å². The Hall–Kier alpha value is -3.76. The van der Waals surface area contributed by atoms with Gasteiger partial charge in [0.2, 0.25) is 5.95 Å². The first-order chi connectivity index (χ1) is 10.8. The summed E-state index contributed by atoms with van der Waals surface area (Å²) in [7, 11) is 0. The lowest BCUT2D eigenvalue weighted by Crippen LogP contribution is -2.08. The van der Waals surface area contributed by atoms with Crippen LogP contribution in [0, 0.1) is 0 Å². The number of carbonyl (C=O) groups is 2. The van der Waals surface area contributed by atoms with Crippen molar-refractivity contribution >= 4 is 40.9 Å². The largest absolute Gasteiger partial charge is 0.478 e. The minimum Gasteiger partial charge on any atom is -0.478 e. The SMILES string of the molecule is Nc1nc(N)c(N=Nc2cccc(C(=O)O)c2C(=O)O)c(N)n1. The molecule has 8 N–H and O–H groups in total. The van der Waals surface area contributed by atoms with E-state index in [1.165, 1.54) is 12.1 Å². The second-order valence-electron chi connectivity index (χ2n) is 4.21. The molecule has 2 rings (SSSR count). The van der Waals surface area contributed by atoms with Crippen molar-refractivity contribution in [1.29, 1.82) is 0 Å². The maximum absolute atomic E-state index is 11.3. The van der Waals surface area contributed by atoms with Crippen LogP contribution in [0.15, 0.2) is 28.4 Å². The number of aromatic carboxylic acids is 2. The molecular formula is C12H11N7O4. The molecule has 0 saturated heterocycles. The van der Waals surface area contributed by atoms with Crippen LogP contribution in [0.25, 0.3) is 0 Å². The van der Waals surface area contributed by atoms with Gasteiger partial charge < -0.3 is 27.4 Å². The van der Waals surface area contributed by atoms with E-state index in [1.54, 1.807) is 0 Å². The molecule has 0 bridgehead atoms. The van der Waals surface area contributed by atoms with E-state index in [4.69, 9.17) is 22.3 Å². The molecule has 11 nitrogen and oxygen atoms in total. The Kier molecular flexibility index (Phi) is 4.03. The highest BCUT2D eigenvalue weighted by Crippen LogP contribution is 2.30. The van der Waals surface area contributed by atoms with Crippen molar-refractivity contribution in [3.63, 3.8) is 0 Å². The van der Waals surface area contributed by atoms with Gasteiger partial charge in [-0.25, -0.2) is 9.59 Å². The van der Waals surface area contributed by atoms with E-state index in [0.717, 1.165) is 6.07 Å². The van der Waals surface area contributed by atoms with Crippen LogP contribution in [0.1, 0.15) is 20.7 Å². The van der Waals surface area contributed by atoms with Crippen LogP contribution >= 0.6 is 0 Å². The molecule has 0 aliphatic heterocycles. The van der Waals surface area contributed by atoms with Crippen molar-refractivity contribution in [3.8, 4) is 0 Å². The van der Waals surface area contributed by atoms with Crippen molar-refractivity contribution in [3.05, 3.63) is 29.3 Å². The van der Waals surface area contributed by atoms with Gasteiger partial charge in [-0.15, -0.1) is 10.2 Å². The molecule has 0 radical (unpaired) electrons. The quantitative estimate of drug-likeness (QED) is 0.510. The van der Waals surface area contributed by atoms with E-state index < -0.39 is 23.1 Å². The maximum atomic E-state index is 11.3. The highest BCUT2D eigenvalue weighted by atomic mass is 16.4. The van der Waals surface area contributed by atoms with Gasteiger partial charge in [-0.05, 0) is 12.1 Å². The predicted octanol–water partition coefficient (Wildman–Crippen LogP) is 1.03. The van der Waals surface area contributed by atoms with Gasteiger partial charge in [-0.2, -0.15) is 9.97 Å². The molecule has 11 heteroatoms. The number of azo groups is 1. The summed E-state index contributed by atoms with van der Waals surface area (Å²) < 4.78 is 0. The number of hydrogen-bond acceptors (Lipinski definition) is 9. The lowest BCUT2D eigenvalue weighted by Gasteiger charge is -2.05. The van der Waals surface area contributed by atoms with Gasteiger partial charge in [0, 0.05) is 0 Å². The van der Waals surface area contributed by atoms with Gasteiger partial charge >= 0.3 is 11.9 Å². The molecule has 23 heavy (non-hydrogen) atoms. The number of nitrogen functional groups attached to an aromatic ring is 3. The molecule has 0 fully saturated rings. The molecule has 0 aliphatic rings. The third kappa shape index (κ3) is 3.12. The summed E-state index contributed by atoms with van der Waals surface area (Å²) in [6.07, 6.45) is 0. The summed E-state index contributed by atoms with van der Waals surface area (Å²) in [4.78, 5) is 29.7. The van der Waals surface area contributed by atoms with Gasteiger partial charge in [0.1, 0.15) is 11.3 Å². The fourth-order valence-corrected chi connectivity index (χ4v) is 1.74. The number of nitrogens with two attached hydrogens (primary N) is 3. The Morgan fingerprint density at radius 3 is 2.09 bits per heavy atom. The van der Waals surface area contributed by atoms with E-state index in [1.807, 2.05) is 0 Å². The molecule has 1 aromatic carbocycles. The number of hydrogen-bond donors (Lipinski definition) is 5. The Labute approximate surface area is 128 Å². The molecule has 0 saturated carbocycles. The minimum atomic E-state index is -1.47. The lowest BCUT2D eigenvalue weighted by atomic mass is 10.1. The van der Waals surface area contributed by atoms with Crippen LogP contribution in [0.2, 0.25) is 0 Å². The van der Waals surface area contributed by atoms with E-state index in [0.29, 0.717) is 0 Å². The fraction of sp³-hybridized carbons (Fsp3) is 0. The minimum absolute atomic E-state index is 0.101. The van der Waals surface area contributed by atoms with Crippen molar-refractivity contribution in [2.75, 3.05) is 17.2 Å². The van der Waals surface area contributed by atoms with Gasteiger partial charge in [-0.1, -0.05) is 6.07 Å². The number of rotatable bonds is 4.